The van der Waals surface area contributed by atoms with E-state index in [4.69, 9.17) is 10.5 Å². The second-order valence-electron chi connectivity index (χ2n) is 4.84. The molecule has 0 bridgehead atoms. The molecule has 1 heterocycles. The number of rotatable bonds is 3. The molecule has 1 aliphatic heterocycles. The van der Waals surface area contributed by atoms with E-state index in [1.807, 2.05) is 12.1 Å². The van der Waals surface area contributed by atoms with Crippen LogP contribution in [0.25, 0.3) is 0 Å². The zero-order chi connectivity index (χ0) is 12.3. The molecule has 94 valence electrons. The van der Waals surface area contributed by atoms with Crippen LogP contribution in [0.3, 0.4) is 0 Å². The van der Waals surface area contributed by atoms with Crippen molar-refractivity contribution in [1.29, 1.82) is 0 Å². The normalized spacial score (nSPS) is 17.2. The fourth-order valence-electron chi connectivity index (χ4n) is 2.49. The maximum Gasteiger partial charge on any atom is 0.142 e. The first kappa shape index (κ1) is 12.2. The number of ether oxygens (including phenoxy) is 1. The molecule has 1 saturated heterocycles. The Morgan fingerprint density at radius 2 is 2.06 bits per heavy atom. The number of para-hydroxylation sites is 1. The zero-order valence-corrected chi connectivity index (χ0v) is 10.8. The molecular weight excluding hydrogens is 212 g/mol. The Bertz CT molecular complexity index is 348. The standard InChI is InChI=1S/C14H22N2O/c1-11-6-8-16(9-7-11)14-12(10-15)4-3-5-13(14)17-2/h3-5,11H,6-10,15H2,1-2H3. The van der Waals surface area contributed by atoms with E-state index in [1.165, 1.54) is 24.1 Å². The van der Waals surface area contributed by atoms with Gasteiger partial charge in [-0.2, -0.15) is 0 Å². The van der Waals surface area contributed by atoms with Gasteiger partial charge in [-0.05, 0) is 30.4 Å². The molecular formula is C14H22N2O. The van der Waals surface area contributed by atoms with Gasteiger partial charge in [-0.1, -0.05) is 19.1 Å². The molecule has 0 amide bonds. The van der Waals surface area contributed by atoms with Crippen LogP contribution in [0.2, 0.25) is 0 Å². The van der Waals surface area contributed by atoms with Crippen molar-refractivity contribution >= 4 is 5.69 Å². The summed E-state index contributed by atoms with van der Waals surface area (Å²) >= 11 is 0. The van der Waals surface area contributed by atoms with Crippen molar-refractivity contribution in [1.82, 2.24) is 0 Å². The summed E-state index contributed by atoms with van der Waals surface area (Å²) in [6.45, 7) is 5.10. The Balaban J connectivity index is 2.29. The monoisotopic (exact) mass is 234 g/mol. The molecule has 1 aromatic rings. The van der Waals surface area contributed by atoms with E-state index in [9.17, 15) is 0 Å². The van der Waals surface area contributed by atoms with Gasteiger partial charge in [-0.3, -0.25) is 0 Å². The van der Waals surface area contributed by atoms with Gasteiger partial charge in [0.05, 0.1) is 12.8 Å². The number of piperidine rings is 1. The Labute approximate surface area is 104 Å². The highest BCUT2D eigenvalue weighted by Crippen LogP contribution is 2.34. The van der Waals surface area contributed by atoms with E-state index in [2.05, 4.69) is 17.9 Å². The number of hydrogen-bond acceptors (Lipinski definition) is 3. The van der Waals surface area contributed by atoms with Crippen LogP contribution in [0.4, 0.5) is 5.69 Å². The molecule has 1 fully saturated rings. The van der Waals surface area contributed by atoms with Crippen molar-refractivity contribution in [2.45, 2.75) is 26.3 Å². The first-order valence-corrected chi connectivity index (χ1v) is 6.37. The SMILES string of the molecule is COc1cccc(CN)c1N1CCC(C)CC1. The van der Waals surface area contributed by atoms with Gasteiger partial charge >= 0.3 is 0 Å². The van der Waals surface area contributed by atoms with Crippen LogP contribution < -0.4 is 15.4 Å². The highest BCUT2D eigenvalue weighted by molar-refractivity contribution is 5.64. The molecule has 3 nitrogen and oxygen atoms in total. The second-order valence-corrected chi connectivity index (χ2v) is 4.84. The Morgan fingerprint density at radius 3 is 2.65 bits per heavy atom. The average molecular weight is 234 g/mol. The summed E-state index contributed by atoms with van der Waals surface area (Å²) in [5.41, 5.74) is 8.20. The van der Waals surface area contributed by atoms with E-state index in [0.29, 0.717) is 6.54 Å². The molecule has 2 rings (SSSR count). The molecule has 0 radical (unpaired) electrons. The molecule has 0 aromatic heterocycles. The van der Waals surface area contributed by atoms with Crippen LogP contribution >= 0.6 is 0 Å². The first-order chi connectivity index (χ1) is 8.26. The van der Waals surface area contributed by atoms with E-state index in [0.717, 1.165) is 24.8 Å². The third-order valence-electron chi connectivity index (χ3n) is 3.62. The number of methoxy groups -OCH3 is 1. The summed E-state index contributed by atoms with van der Waals surface area (Å²) in [5, 5.41) is 0. The smallest absolute Gasteiger partial charge is 0.142 e. The predicted molar refractivity (Wildman–Crippen MR) is 71.5 cm³/mol. The Kier molecular flexibility index (Phi) is 3.89. The van der Waals surface area contributed by atoms with Crippen molar-refractivity contribution < 1.29 is 4.74 Å². The van der Waals surface area contributed by atoms with Crippen LogP contribution in [0.15, 0.2) is 18.2 Å². The maximum atomic E-state index is 5.83. The number of nitrogens with two attached hydrogens (primary N) is 1. The van der Waals surface area contributed by atoms with Crippen LogP contribution in [-0.4, -0.2) is 20.2 Å². The number of anilines is 1. The number of nitrogens with zero attached hydrogens (tertiary/aromatic N) is 1. The quantitative estimate of drug-likeness (QED) is 0.872. The Hall–Kier alpha value is -1.22. The van der Waals surface area contributed by atoms with Crippen molar-refractivity contribution in [2.75, 3.05) is 25.1 Å². The summed E-state index contributed by atoms with van der Waals surface area (Å²) in [5.74, 6) is 1.78. The van der Waals surface area contributed by atoms with Crippen molar-refractivity contribution in [3.63, 3.8) is 0 Å². The summed E-state index contributed by atoms with van der Waals surface area (Å²) in [6, 6.07) is 6.12. The molecule has 17 heavy (non-hydrogen) atoms. The average Bonchev–Trinajstić information content (AvgIpc) is 2.38. The fraction of sp³-hybridized carbons (Fsp3) is 0.571. The van der Waals surface area contributed by atoms with E-state index < -0.39 is 0 Å². The van der Waals surface area contributed by atoms with E-state index in [1.54, 1.807) is 7.11 Å². The van der Waals surface area contributed by atoms with Gasteiger partial charge in [0.2, 0.25) is 0 Å². The van der Waals surface area contributed by atoms with Crippen LogP contribution in [0.1, 0.15) is 25.3 Å². The molecule has 0 aliphatic carbocycles. The van der Waals surface area contributed by atoms with Crippen LogP contribution in [-0.2, 0) is 6.54 Å². The first-order valence-electron chi connectivity index (χ1n) is 6.37. The lowest BCUT2D eigenvalue weighted by Crippen LogP contribution is -2.34. The molecule has 0 spiro atoms. The van der Waals surface area contributed by atoms with Gasteiger partial charge in [0.25, 0.3) is 0 Å². The fourth-order valence-corrected chi connectivity index (χ4v) is 2.49. The molecule has 1 aliphatic rings. The minimum absolute atomic E-state index is 0.568. The third-order valence-corrected chi connectivity index (χ3v) is 3.62. The van der Waals surface area contributed by atoms with E-state index >= 15 is 0 Å². The van der Waals surface area contributed by atoms with Crippen molar-refractivity contribution in [3.05, 3.63) is 23.8 Å². The molecule has 0 atom stereocenters. The highest BCUT2D eigenvalue weighted by Gasteiger charge is 2.20. The van der Waals surface area contributed by atoms with Crippen molar-refractivity contribution in [2.24, 2.45) is 11.7 Å². The molecule has 1 aromatic carbocycles. The lowest BCUT2D eigenvalue weighted by molar-refractivity contribution is 0.403. The lowest BCUT2D eigenvalue weighted by atomic mass is 9.98. The van der Waals surface area contributed by atoms with Gasteiger partial charge in [-0.25, -0.2) is 0 Å². The van der Waals surface area contributed by atoms with Crippen molar-refractivity contribution in [3.8, 4) is 5.75 Å². The summed E-state index contributed by atoms with van der Waals surface area (Å²) < 4.78 is 5.47. The number of hydrogen-bond donors (Lipinski definition) is 1. The van der Waals surface area contributed by atoms with Gasteiger partial charge in [0, 0.05) is 19.6 Å². The molecule has 0 saturated carbocycles. The van der Waals surface area contributed by atoms with Gasteiger partial charge in [0.1, 0.15) is 5.75 Å². The van der Waals surface area contributed by atoms with Gasteiger partial charge in [0.15, 0.2) is 0 Å². The predicted octanol–water partition coefficient (Wildman–Crippen LogP) is 2.39. The number of benzene rings is 1. The summed E-state index contributed by atoms with van der Waals surface area (Å²) in [4.78, 5) is 2.42. The van der Waals surface area contributed by atoms with Crippen LogP contribution in [0, 0.1) is 5.92 Å². The third kappa shape index (κ3) is 2.55. The largest absolute Gasteiger partial charge is 0.495 e. The van der Waals surface area contributed by atoms with Gasteiger partial charge in [-0.15, -0.1) is 0 Å². The minimum atomic E-state index is 0.568. The second kappa shape index (κ2) is 5.41. The summed E-state index contributed by atoms with van der Waals surface area (Å²) in [7, 11) is 1.73. The van der Waals surface area contributed by atoms with E-state index in [-0.39, 0.29) is 0 Å². The summed E-state index contributed by atoms with van der Waals surface area (Å²) in [6.07, 6.45) is 2.50. The Morgan fingerprint density at radius 1 is 1.35 bits per heavy atom. The molecule has 3 heteroatoms. The van der Waals surface area contributed by atoms with Gasteiger partial charge < -0.3 is 15.4 Å². The minimum Gasteiger partial charge on any atom is -0.495 e. The zero-order valence-electron chi connectivity index (χ0n) is 10.8. The highest BCUT2D eigenvalue weighted by atomic mass is 16.5. The topological polar surface area (TPSA) is 38.5 Å². The lowest BCUT2D eigenvalue weighted by Gasteiger charge is -2.34. The molecule has 2 N–H and O–H groups in total. The molecule has 0 unspecified atom stereocenters. The maximum absolute atomic E-state index is 5.83. The van der Waals surface area contributed by atoms with Crippen LogP contribution in [0.5, 0.6) is 5.75 Å².